The van der Waals surface area contributed by atoms with Crippen LogP contribution in [-0.4, -0.2) is 15.8 Å². The molecule has 0 aromatic rings. The summed E-state index contributed by atoms with van der Waals surface area (Å²) in [4.78, 5) is 1.89. The molecule has 1 nitrogen and oxygen atoms in total. The Morgan fingerprint density at radius 3 is 2.67 bits per heavy atom. The molecular weight excluding hydrogens is 150 g/mol. The third-order valence-electron chi connectivity index (χ3n) is 1.06. The van der Waals surface area contributed by atoms with Crippen LogP contribution in [0.1, 0.15) is 0 Å². The number of thiocarbonyl (C=S) groups is 1. The molecular formula is C6H7NS2. The minimum absolute atomic E-state index is 0.621. The minimum atomic E-state index is 0.621. The molecule has 1 aliphatic heterocycles. The lowest BCUT2D eigenvalue weighted by molar-refractivity contribution is 0.639. The highest BCUT2D eigenvalue weighted by Crippen LogP contribution is 2.01. The Hall–Kier alpha value is -0.280. The van der Waals surface area contributed by atoms with Crippen molar-refractivity contribution in [2.75, 3.05) is 6.54 Å². The van der Waals surface area contributed by atoms with Gasteiger partial charge in [0.25, 0.3) is 0 Å². The SMILES string of the molecule is S=C(S)N1C=CC=CC1. The molecule has 1 rings (SSSR count). The zero-order chi connectivity index (χ0) is 6.69. The van der Waals surface area contributed by atoms with E-state index in [1.165, 1.54) is 0 Å². The zero-order valence-electron chi connectivity index (χ0n) is 4.82. The van der Waals surface area contributed by atoms with Crippen LogP contribution in [-0.2, 0) is 0 Å². The highest BCUT2D eigenvalue weighted by molar-refractivity contribution is 8.10. The van der Waals surface area contributed by atoms with Gasteiger partial charge in [0, 0.05) is 12.7 Å². The summed E-state index contributed by atoms with van der Waals surface area (Å²) in [7, 11) is 0. The molecule has 0 fully saturated rings. The lowest BCUT2D eigenvalue weighted by Gasteiger charge is -2.16. The summed E-state index contributed by atoms with van der Waals surface area (Å²) in [5, 5.41) is 0. The van der Waals surface area contributed by atoms with Gasteiger partial charge in [-0.3, -0.25) is 0 Å². The van der Waals surface area contributed by atoms with Crippen LogP contribution < -0.4 is 0 Å². The number of rotatable bonds is 0. The summed E-state index contributed by atoms with van der Waals surface area (Å²) < 4.78 is 0.621. The third kappa shape index (κ3) is 1.84. The van der Waals surface area contributed by atoms with Gasteiger partial charge < -0.3 is 4.90 Å². The average molecular weight is 157 g/mol. The van der Waals surface area contributed by atoms with Gasteiger partial charge in [-0.1, -0.05) is 24.4 Å². The fraction of sp³-hybridized carbons (Fsp3) is 0.167. The Labute approximate surface area is 65.5 Å². The first-order valence-corrected chi connectivity index (χ1v) is 3.49. The van der Waals surface area contributed by atoms with Crippen molar-refractivity contribution in [3.8, 4) is 0 Å². The van der Waals surface area contributed by atoms with Crippen LogP contribution in [0.15, 0.2) is 24.4 Å². The van der Waals surface area contributed by atoms with Gasteiger partial charge in [0.2, 0.25) is 0 Å². The minimum Gasteiger partial charge on any atom is -0.330 e. The molecule has 0 radical (unpaired) electrons. The average Bonchev–Trinajstić information content (AvgIpc) is 1.90. The predicted molar refractivity (Wildman–Crippen MR) is 46.6 cm³/mol. The fourth-order valence-electron chi connectivity index (χ4n) is 0.609. The summed E-state index contributed by atoms with van der Waals surface area (Å²) >= 11 is 8.83. The van der Waals surface area contributed by atoms with Gasteiger partial charge in [-0.15, -0.1) is 12.6 Å². The van der Waals surface area contributed by atoms with E-state index in [9.17, 15) is 0 Å². The second-order valence-corrected chi connectivity index (χ2v) is 2.82. The molecule has 0 saturated carbocycles. The van der Waals surface area contributed by atoms with Crippen molar-refractivity contribution in [3.63, 3.8) is 0 Å². The van der Waals surface area contributed by atoms with Gasteiger partial charge in [-0.2, -0.15) is 0 Å². The predicted octanol–water partition coefficient (Wildman–Crippen LogP) is 1.59. The summed E-state index contributed by atoms with van der Waals surface area (Å²) in [5.41, 5.74) is 0. The standard InChI is InChI=1S/C6H7NS2/c8-6(9)7-4-2-1-3-5-7/h1-4H,5H2,(H,8,9). The van der Waals surface area contributed by atoms with Crippen LogP contribution in [0.3, 0.4) is 0 Å². The molecule has 0 bridgehead atoms. The van der Waals surface area contributed by atoms with E-state index in [0.29, 0.717) is 4.32 Å². The number of nitrogens with zero attached hydrogens (tertiary/aromatic N) is 1. The Balaban J connectivity index is 2.56. The van der Waals surface area contributed by atoms with E-state index in [4.69, 9.17) is 12.2 Å². The highest BCUT2D eigenvalue weighted by atomic mass is 32.1. The lowest BCUT2D eigenvalue weighted by Crippen LogP contribution is -2.20. The van der Waals surface area contributed by atoms with Gasteiger partial charge >= 0.3 is 0 Å². The van der Waals surface area contributed by atoms with E-state index in [-0.39, 0.29) is 0 Å². The number of hydrogen-bond donors (Lipinski definition) is 1. The maximum Gasteiger partial charge on any atom is 0.137 e. The topological polar surface area (TPSA) is 3.24 Å². The normalized spacial score (nSPS) is 16.3. The summed E-state index contributed by atoms with van der Waals surface area (Å²) in [6, 6.07) is 0. The van der Waals surface area contributed by atoms with Gasteiger partial charge in [-0.25, -0.2) is 0 Å². The zero-order valence-corrected chi connectivity index (χ0v) is 6.53. The Kier molecular flexibility index (Phi) is 2.30. The van der Waals surface area contributed by atoms with E-state index in [2.05, 4.69) is 12.6 Å². The first kappa shape index (κ1) is 6.83. The van der Waals surface area contributed by atoms with E-state index >= 15 is 0 Å². The highest BCUT2D eigenvalue weighted by Gasteiger charge is 1.99. The number of allylic oxidation sites excluding steroid dienone is 2. The van der Waals surface area contributed by atoms with Crippen molar-refractivity contribution in [1.29, 1.82) is 0 Å². The molecule has 0 aromatic heterocycles. The molecule has 0 aromatic carbocycles. The van der Waals surface area contributed by atoms with E-state index in [0.717, 1.165) is 6.54 Å². The second-order valence-electron chi connectivity index (χ2n) is 1.70. The summed E-state index contributed by atoms with van der Waals surface area (Å²) in [6.45, 7) is 0.846. The Bertz CT molecular complexity index is 172. The molecule has 0 atom stereocenters. The van der Waals surface area contributed by atoms with Crippen molar-refractivity contribution < 1.29 is 0 Å². The maximum absolute atomic E-state index is 4.82. The largest absolute Gasteiger partial charge is 0.330 e. The monoisotopic (exact) mass is 157 g/mol. The Morgan fingerprint density at radius 2 is 2.33 bits per heavy atom. The quantitative estimate of drug-likeness (QED) is 0.420. The molecule has 9 heavy (non-hydrogen) atoms. The van der Waals surface area contributed by atoms with E-state index < -0.39 is 0 Å². The molecule has 1 aliphatic rings. The van der Waals surface area contributed by atoms with E-state index in [1.807, 2.05) is 29.3 Å². The summed E-state index contributed by atoms with van der Waals surface area (Å²) in [5.74, 6) is 0. The second kappa shape index (κ2) is 3.03. The van der Waals surface area contributed by atoms with Crippen LogP contribution in [0.2, 0.25) is 0 Å². The molecule has 0 spiro atoms. The number of hydrogen-bond acceptors (Lipinski definition) is 1. The van der Waals surface area contributed by atoms with Crippen LogP contribution in [0.5, 0.6) is 0 Å². The Morgan fingerprint density at radius 1 is 1.56 bits per heavy atom. The van der Waals surface area contributed by atoms with Gasteiger partial charge in [-0.05, 0) is 6.08 Å². The lowest BCUT2D eigenvalue weighted by atomic mass is 10.4. The van der Waals surface area contributed by atoms with E-state index in [1.54, 1.807) is 0 Å². The third-order valence-corrected chi connectivity index (χ3v) is 1.55. The number of thiol groups is 1. The molecule has 0 saturated heterocycles. The first-order chi connectivity index (χ1) is 4.30. The molecule has 0 aliphatic carbocycles. The molecule has 48 valence electrons. The molecule has 0 N–H and O–H groups in total. The first-order valence-electron chi connectivity index (χ1n) is 2.63. The van der Waals surface area contributed by atoms with Crippen molar-refractivity contribution in [3.05, 3.63) is 24.4 Å². The van der Waals surface area contributed by atoms with Crippen LogP contribution >= 0.6 is 24.8 Å². The molecule has 0 unspecified atom stereocenters. The molecule has 3 heteroatoms. The smallest absolute Gasteiger partial charge is 0.137 e. The fourth-order valence-corrected chi connectivity index (χ4v) is 0.893. The van der Waals surface area contributed by atoms with Crippen LogP contribution in [0.25, 0.3) is 0 Å². The molecule has 1 heterocycles. The van der Waals surface area contributed by atoms with Gasteiger partial charge in [0.05, 0.1) is 0 Å². The van der Waals surface area contributed by atoms with Crippen molar-refractivity contribution in [2.45, 2.75) is 0 Å². The van der Waals surface area contributed by atoms with Crippen molar-refractivity contribution >= 4 is 29.2 Å². The van der Waals surface area contributed by atoms with Crippen LogP contribution in [0, 0.1) is 0 Å². The van der Waals surface area contributed by atoms with Gasteiger partial charge in [0.1, 0.15) is 4.32 Å². The van der Waals surface area contributed by atoms with Crippen molar-refractivity contribution in [2.24, 2.45) is 0 Å². The van der Waals surface area contributed by atoms with Crippen LogP contribution in [0.4, 0.5) is 0 Å². The summed E-state index contributed by atoms with van der Waals surface area (Å²) in [6.07, 6.45) is 7.87. The van der Waals surface area contributed by atoms with Gasteiger partial charge in [0.15, 0.2) is 0 Å². The van der Waals surface area contributed by atoms with Crippen molar-refractivity contribution in [1.82, 2.24) is 4.90 Å². The molecule has 0 amide bonds. The maximum atomic E-state index is 4.82.